The number of carbonyl (C=O) groups is 1. The molecule has 1 aromatic carbocycles. The van der Waals surface area contributed by atoms with Crippen LogP contribution in [0.1, 0.15) is 42.9 Å². The quantitative estimate of drug-likeness (QED) is 0.804. The topological polar surface area (TPSA) is 42.2 Å². The molecule has 3 heteroatoms. The van der Waals surface area contributed by atoms with Crippen LogP contribution in [-0.4, -0.2) is 15.5 Å². The zero-order valence-corrected chi connectivity index (χ0v) is 10.6. The van der Waals surface area contributed by atoms with Gasteiger partial charge in [-0.1, -0.05) is 0 Å². The van der Waals surface area contributed by atoms with Crippen LogP contribution in [0.2, 0.25) is 0 Å². The summed E-state index contributed by atoms with van der Waals surface area (Å²) in [7, 11) is 0. The summed E-state index contributed by atoms with van der Waals surface area (Å²) in [5.74, 6) is 0.235. The van der Waals surface area contributed by atoms with Gasteiger partial charge in [-0.25, -0.2) is 0 Å². The molecule has 0 bridgehead atoms. The van der Waals surface area contributed by atoms with Crippen LogP contribution in [0.25, 0.3) is 10.9 Å². The Bertz CT molecular complexity index is 594. The summed E-state index contributed by atoms with van der Waals surface area (Å²) in [6.45, 7) is 7.69. The first-order valence-electron chi connectivity index (χ1n) is 5.78. The third-order valence-corrected chi connectivity index (χ3v) is 3.10. The Labute approximate surface area is 101 Å². The highest BCUT2D eigenvalue weighted by molar-refractivity contribution is 6.08. The molecule has 0 aliphatic carbocycles. The standard InChI is InChI=1S/C14H17NO2/c1-8(2)15-9(3)14(10(4)16)12-7-11(17)5-6-13(12)15/h5-8,17H,1-4H3. The minimum atomic E-state index is 0.0394. The van der Waals surface area contributed by atoms with E-state index < -0.39 is 0 Å². The number of aromatic nitrogens is 1. The first-order valence-corrected chi connectivity index (χ1v) is 5.78. The van der Waals surface area contributed by atoms with Crippen LogP contribution in [0.5, 0.6) is 5.75 Å². The Morgan fingerprint density at radius 2 is 2.00 bits per heavy atom. The number of fused-ring (bicyclic) bond motifs is 1. The molecule has 0 saturated carbocycles. The van der Waals surface area contributed by atoms with E-state index in [2.05, 4.69) is 18.4 Å². The number of Topliss-reactive ketones (excluding diaryl/α,β-unsaturated/α-hetero) is 1. The number of nitrogens with zero attached hydrogens (tertiary/aromatic N) is 1. The van der Waals surface area contributed by atoms with Gasteiger partial charge in [-0.05, 0) is 45.9 Å². The maximum Gasteiger partial charge on any atom is 0.162 e. The number of hydrogen-bond donors (Lipinski definition) is 1. The summed E-state index contributed by atoms with van der Waals surface area (Å²) >= 11 is 0. The number of carbonyl (C=O) groups excluding carboxylic acids is 1. The molecule has 0 spiro atoms. The number of hydrogen-bond acceptors (Lipinski definition) is 2. The van der Waals surface area contributed by atoms with Gasteiger partial charge in [0.15, 0.2) is 5.78 Å². The van der Waals surface area contributed by atoms with Crippen molar-refractivity contribution in [2.75, 3.05) is 0 Å². The van der Waals surface area contributed by atoms with Crippen molar-refractivity contribution >= 4 is 16.7 Å². The number of phenols is 1. The van der Waals surface area contributed by atoms with E-state index in [1.54, 1.807) is 19.1 Å². The molecule has 90 valence electrons. The SMILES string of the molecule is CC(=O)c1c(C)n(C(C)C)c2ccc(O)cc12. The molecular formula is C14H17NO2. The first kappa shape index (κ1) is 11.7. The summed E-state index contributed by atoms with van der Waals surface area (Å²) in [6, 6.07) is 5.47. The zero-order valence-electron chi connectivity index (χ0n) is 10.6. The molecule has 3 nitrogen and oxygen atoms in total. The minimum Gasteiger partial charge on any atom is -0.508 e. The highest BCUT2D eigenvalue weighted by atomic mass is 16.3. The van der Waals surface area contributed by atoms with Gasteiger partial charge in [0.25, 0.3) is 0 Å². The van der Waals surface area contributed by atoms with Gasteiger partial charge in [-0.2, -0.15) is 0 Å². The molecule has 0 saturated heterocycles. The molecule has 0 radical (unpaired) electrons. The van der Waals surface area contributed by atoms with Gasteiger partial charge in [-0.3, -0.25) is 4.79 Å². The van der Waals surface area contributed by atoms with E-state index in [0.717, 1.165) is 16.6 Å². The first-order chi connectivity index (χ1) is 7.93. The summed E-state index contributed by atoms with van der Waals surface area (Å²) in [5, 5.41) is 10.4. The van der Waals surface area contributed by atoms with Crippen molar-refractivity contribution in [3.8, 4) is 5.75 Å². The number of phenolic OH excluding ortho intramolecular Hbond substituents is 1. The average Bonchev–Trinajstić information content (AvgIpc) is 2.48. The molecule has 17 heavy (non-hydrogen) atoms. The van der Waals surface area contributed by atoms with Gasteiger partial charge in [0.2, 0.25) is 0 Å². The van der Waals surface area contributed by atoms with Gasteiger partial charge in [-0.15, -0.1) is 0 Å². The van der Waals surface area contributed by atoms with E-state index in [4.69, 9.17) is 0 Å². The molecule has 0 aliphatic rings. The van der Waals surface area contributed by atoms with E-state index in [-0.39, 0.29) is 17.6 Å². The van der Waals surface area contributed by atoms with Gasteiger partial charge in [0, 0.05) is 28.2 Å². The van der Waals surface area contributed by atoms with Gasteiger partial charge < -0.3 is 9.67 Å². The lowest BCUT2D eigenvalue weighted by molar-refractivity contribution is 0.101. The fourth-order valence-electron chi connectivity index (χ4n) is 2.54. The predicted molar refractivity (Wildman–Crippen MR) is 68.7 cm³/mol. The molecule has 1 N–H and O–H groups in total. The smallest absolute Gasteiger partial charge is 0.162 e. The van der Waals surface area contributed by atoms with E-state index in [9.17, 15) is 9.90 Å². The molecule has 2 rings (SSSR count). The molecule has 0 atom stereocenters. The van der Waals surface area contributed by atoms with Crippen LogP contribution in [0.15, 0.2) is 18.2 Å². The lowest BCUT2D eigenvalue weighted by Gasteiger charge is -2.12. The van der Waals surface area contributed by atoms with Crippen molar-refractivity contribution < 1.29 is 9.90 Å². The molecule has 0 fully saturated rings. The van der Waals surface area contributed by atoms with Gasteiger partial charge >= 0.3 is 0 Å². The maximum atomic E-state index is 11.7. The Hall–Kier alpha value is -1.77. The van der Waals surface area contributed by atoms with Crippen molar-refractivity contribution in [3.05, 3.63) is 29.5 Å². The number of rotatable bonds is 2. The minimum absolute atomic E-state index is 0.0394. The average molecular weight is 231 g/mol. The van der Waals surface area contributed by atoms with Crippen LogP contribution in [0.4, 0.5) is 0 Å². The molecule has 1 heterocycles. The van der Waals surface area contributed by atoms with E-state index in [1.807, 2.05) is 13.0 Å². The van der Waals surface area contributed by atoms with Crippen molar-refractivity contribution in [2.45, 2.75) is 33.7 Å². The number of ketones is 1. The predicted octanol–water partition coefficient (Wildman–Crippen LogP) is 3.44. The summed E-state index contributed by atoms with van der Waals surface area (Å²) in [5.41, 5.74) is 2.68. The molecule has 0 unspecified atom stereocenters. The van der Waals surface area contributed by atoms with E-state index in [0.29, 0.717) is 5.56 Å². The van der Waals surface area contributed by atoms with Crippen LogP contribution in [-0.2, 0) is 0 Å². The summed E-state index contributed by atoms with van der Waals surface area (Å²) < 4.78 is 2.13. The molecule has 1 aromatic heterocycles. The second-order valence-corrected chi connectivity index (χ2v) is 4.68. The van der Waals surface area contributed by atoms with Crippen LogP contribution in [0, 0.1) is 6.92 Å². The van der Waals surface area contributed by atoms with Crippen molar-refractivity contribution in [1.82, 2.24) is 4.57 Å². The molecule has 0 amide bonds. The fraction of sp³-hybridized carbons (Fsp3) is 0.357. The van der Waals surface area contributed by atoms with Crippen molar-refractivity contribution in [1.29, 1.82) is 0 Å². The largest absolute Gasteiger partial charge is 0.508 e. The van der Waals surface area contributed by atoms with Crippen molar-refractivity contribution in [3.63, 3.8) is 0 Å². The van der Waals surface area contributed by atoms with Gasteiger partial charge in [0.1, 0.15) is 5.75 Å². The fourth-order valence-corrected chi connectivity index (χ4v) is 2.54. The Morgan fingerprint density at radius 1 is 1.35 bits per heavy atom. The van der Waals surface area contributed by atoms with Crippen LogP contribution >= 0.6 is 0 Å². The van der Waals surface area contributed by atoms with E-state index in [1.165, 1.54) is 0 Å². The van der Waals surface area contributed by atoms with E-state index >= 15 is 0 Å². The normalized spacial score (nSPS) is 11.4. The second kappa shape index (κ2) is 3.91. The second-order valence-electron chi connectivity index (χ2n) is 4.68. The van der Waals surface area contributed by atoms with Crippen molar-refractivity contribution in [2.24, 2.45) is 0 Å². The lowest BCUT2D eigenvalue weighted by atomic mass is 10.1. The third kappa shape index (κ3) is 1.71. The van der Waals surface area contributed by atoms with Crippen LogP contribution in [0.3, 0.4) is 0 Å². The Kier molecular flexibility index (Phi) is 2.69. The maximum absolute atomic E-state index is 11.7. The Morgan fingerprint density at radius 3 is 2.53 bits per heavy atom. The highest BCUT2D eigenvalue weighted by Gasteiger charge is 2.18. The Balaban J connectivity index is 2.93. The lowest BCUT2D eigenvalue weighted by Crippen LogP contribution is -2.04. The number of benzene rings is 1. The molecule has 2 aromatic rings. The van der Waals surface area contributed by atoms with Crippen LogP contribution < -0.4 is 0 Å². The number of aromatic hydroxyl groups is 1. The zero-order chi connectivity index (χ0) is 12.7. The van der Waals surface area contributed by atoms with Gasteiger partial charge in [0.05, 0.1) is 0 Å². The third-order valence-electron chi connectivity index (χ3n) is 3.10. The summed E-state index contributed by atoms with van der Waals surface area (Å²) in [6.07, 6.45) is 0. The highest BCUT2D eigenvalue weighted by Crippen LogP contribution is 2.31. The molecule has 0 aliphatic heterocycles. The summed E-state index contributed by atoms with van der Waals surface area (Å²) in [4.78, 5) is 11.7. The monoisotopic (exact) mass is 231 g/mol. The molecular weight excluding hydrogens is 214 g/mol.